The molecule has 1 atom stereocenters. The number of alkyl halides is 5. The summed E-state index contributed by atoms with van der Waals surface area (Å²) >= 11 is 0. The number of carbonyl (C=O) groups is 1. The van der Waals surface area contributed by atoms with Gasteiger partial charge in [-0.2, -0.15) is 0 Å². The molecule has 188 valence electrons. The van der Waals surface area contributed by atoms with E-state index < -0.39 is 42.9 Å². The van der Waals surface area contributed by atoms with E-state index in [1.165, 1.54) is 35.0 Å². The van der Waals surface area contributed by atoms with Crippen LogP contribution < -0.4 is 10.1 Å². The van der Waals surface area contributed by atoms with Gasteiger partial charge in [0.15, 0.2) is 5.82 Å². The maximum atomic E-state index is 13.8. The first-order chi connectivity index (χ1) is 17.1. The zero-order valence-corrected chi connectivity index (χ0v) is 18.3. The monoisotopic (exact) mass is 507 g/mol. The molecule has 3 aromatic rings. The van der Waals surface area contributed by atoms with Crippen molar-refractivity contribution < 1.29 is 36.6 Å². The molecular weight excluding hydrogens is 489 g/mol. The number of aliphatic hydroxyl groups excluding tert-OH is 1. The van der Waals surface area contributed by atoms with Crippen LogP contribution in [0.25, 0.3) is 16.6 Å². The smallest absolute Gasteiger partial charge is 0.406 e. The third kappa shape index (κ3) is 5.10. The van der Waals surface area contributed by atoms with Crippen LogP contribution in [0, 0.1) is 5.41 Å². The number of aromatic nitrogens is 2. The topological polar surface area (TPSA) is 113 Å². The molecule has 0 bridgehead atoms. The molecule has 3 N–H and O–H groups in total. The number of imidazole rings is 1. The average molecular weight is 507 g/mol. The lowest BCUT2D eigenvalue weighted by Crippen LogP contribution is -2.17. The quantitative estimate of drug-likeness (QED) is 0.234. The van der Waals surface area contributed by atoms with E-state index in [4.69, 9.17) is 5.41 Å². The highest BCUT2D eigenvalue weighted by molar-refractivity contribution is 6.17. The predicted octanol–water partition coefficient (Wildman–Crippen LogP) is 5.12. The summed E-state index contributed by atoms with van der Waals surface area (Å²) in [4.78, 5) is 20.8. The molecule has 1 aliphatic rings. The second kappa shape index (κ2) is 9.85. The molecule has 1 amide bonds. The average Bonchev–Trinajstić information content (AvgIpc) is 3.13. The predicted molar refractivity (Wildman–Crippen MR) is 122 cm³/mol. The van der Waals surface area contributed by atoms with Gasteiger partial charge in [0.25, 0.3) is 12.3 Å². The van der Waals surface area contributed by atoms with Crippen molar-refractivity contribution in [1.82, 2.24) is 9.55 Å². The van der Waals surface area contributed by atoms with Crippen molar-refractivity contribution in [2.24, 2.45) is 4.99 Å². The van der Waals surface area contributed by atoms with Crippen LogP contribution in [0.15, 0.2) is 47.5 Å². The highest BCUT2D eigenvalue weighted by Gasteiger charge is 2.31. The molecule has 0 saturated carbocycles. The van der Waals surface area contributed by atoms with Gasteiger partial charge in [-0.1, -0.05) is 6.08 Å². The van der Waals surface area contributed by atoms with Gasteiger partial charge in [0.05, 0.1) is 23.7 Å². The second-order valence-electron chi connectivity index (χ2n) is 7.70. The minimum atomic E-state index is -4.86. The summed E-state index contributed by atoms with van der Waals surface area (Å²) < 4.78 is 69.8. The molecule has 0 radical (unpaired) electrons. The Labute approximate surface area is 200 Å². The molecule has 2 aromatic carbocycles. The van der Waals surface area contributed by atoms with Crippen molar-refractivity contribution in [3.8, 4) is 5.75 Å². The third-order valence-corrected chi connectivity index (χ3v) is 5.40. The third-order valence-electron chi connectivity index (χ3n) is 5.40. The fraction of sp³-hybridized carbons (Fsp3) is 0.217. The van der Waals surface area contributed by atoms with Gasteiger partial charge in [0.1, 0.15) is 12.1 Å². The normalized spacial score (nSPS) is 15.8. The highest BCUT2D eigenvalue weighted by atomic mass is 19.4. The molecule has 1 aliphatic heterocycles. The van der Waals surface area contributed by atoms with E-state index >= 15 is 0 Å². The van der Waals surface area contributed by atoms with Crippen LogP contribution in [0.3, 0.4) is 0 Å². The van der Waals surface area contributed by atoms with Crippen molar-refractivity contribution in [1.29, 1.82) is 5.41 Å². The van der Waals surface area contributed by atoms with E-state index in [0.717, 1.165) is 18.5 Å². The molecule has 0 aliphatic carbocycles. The lowest BCUT2D eigenvalue weighted by atomic mass is 10.0. The van der Waals surface area contributed by atoms with Crippen LogP contribution >= 0.6 is 0 Å². The zero-order valence-electron chi connectivity index (χ0n) is 18.3. The number of rotatable bonds is 7. The summed E-state index contributed by atoms with van der Waals surface area (Å²) in [5.41, 5.74) is 1.33. The molecule has 8 nitrogen and oxygen atoms in total. The van der Waals surface area contributed by atoms with E-state index in [9.17, 15) is 31.9 Å². The number of hydrogen-bond acceptors (Lipinski definition) is 5. The molecular formula is C23H18F5N5O3. The molecule has 1 aromatic heterocycles. The maximum Gasteiger partial charge on any atom is 0.573 e. The lowest BCUT2D eigenvalue weighted by Gasteiger charge is -2.17. The number of benzene rings is 2. The van der Waals surface area contributed by atoms with Gasteiger partial charge < -0.3 is 19.7 Å². The van der Waals surface area contributed by atoms with Gasteiger partial charge >= 0.3 is 6.36 Å². The number of aliphatic hydroxyl groups is 1. The standard InChI is InChI=1S/C23H18F5N5O3/c24-20(25)21-32-18-8-13(22(35)31-14-2-5-16(6-3-14)36-23(26,27)28)7-17-12(9-30-11-29)1-4-15(10-34)33(21)19(17)18/h1-3,5-9,11,15,20,29,34H,4,10H2,(H,31,35)/b29-11?,30-9-/t15-/m1/s1. The summed E-state index contributed by atoms with van der Waals surface area (Å²) in [6.07, 6.45) is -3.86. The number of halogens is 5. The molecule has 4 rings (SSSR count). The van der Waals surface area contributed by atoms with Crippen LogP contribution in [-0.4, -0.2) is 46.1 Å². The Balaban J connectivity index is 1.76. The van der Waals surface area contributed by atoms with E-state index in [1.807, 2.05) is 0 Å². The Bertz CT molecular complexity index is 1360. The van der Waals surface area contributed by atoms with Crippen LogP contribution in [0.1, 0.15) is 40.6 Å². The fourth-order valence-corrected chi connectivity index (χ4v) is 3.94. The number of allylic oxidation sites excluding steroid dienone is 2. The van der Waals surface area contributed by atoms with E-state index in [1.54, 1.807) is 6.08 Å². The maximum absolute atomic E-state index is 13.8. The second-order valence-corrected chi connectivity index (χ2v) is 7.70. The first-order valence-corrected chi connectivity index (χ1v) is 10.5. The first kappa shape index (κ1) is 25.0. The van der Waals surface area contributed by atoms with Crippen molar-refractivity contribution in [3.63, 3.8) is 0 Å². The Hall–Kier alpha value is -4.13. The van der Waals surface area contributed by atoms with Gasteiger partial charge in [-0.05, 0) is 48.4 Å². The SMILES string of the molecule is N=C/N=C\C1=CC[C@H](CO)n2c(C(F)F)nc3cc(C(=O)Nc4ccc(OC(F)(F)F)cc4)cc1c32. The van der Waals surface area contributed by atoms with Crippen LogP contribution in [0.2, 0.25) is 0 Å². The van der Waals surface area contributed by atoms with Gasteiger partial charge in [-0.15, -0.1) is 13.2 Å². The van der Waals surface area contributed by atoms with Crippen LogP contribution in [0.4, 0.5) is 27.6 Å². The minimum absolute atomic E-state index is 0.0372. The number of nitrogens with zero attached hydrogens (tertiary/aromatic N) is 3. The van der Waals surface area contributed by atoms with Gasteiger partial charge in [-0.25, -0.2) is 18.8 Å². The van der Waals surface area contributed by atoms with E-state index in [-0.39, 0.29) is 28.7 Å². The van der Waals surface area contributed by atoms with Crippen LogP contribution in [0.5, 0.6) is 5.75 Å². The Morgan fingerprint density at radius 1 is 1.31 bits per heavy atom. The van der Waals surface area contributed by atoms with Gasteiger partial charge in [-0.3, -0.25) is 10.2 Å². The number of anilines is 1. The molecule has 0 fully saturated rings. The Morgan fingerprint density at radius 3 is 2.64 bits per heavy atom. The zero-order chi connectivity index (χ0) is 26.0. The number of ether oxygens (including phenoxy) is 1. The van der Waals surface area contributed by atoms with Gasteiger partial charge in [0, 0.05) is 23.0 Å². The van der Waals surface area contributed by atoms with Crippen molar-refractivity contribution in [2.45, 2.75) is 25.3 Å². The van der Waals surface area contributed by atoms with Crippen molar-refractivity contribution in [2.75, 3.05) is 11.9 Å². The van der Waals surface area contributed by atoms with Crippen molar-refractivity contribution >= 4 is 40.8 Å². The Morgan fingerprint density at radius 2 is 2.03 bits per heavy atom. The number of hydrogen-bond donors (Lipinski definition) is 3. The molecule has 13 heteroatoms. The largest absolute Gasteiger partial charge is 0.573 e. The summed E-state index contributed by atoms with van der Waals surface area (Å²) in [5.74, 6) is -1.70. The molecule has 0 saturated heterocycles. The number of aliphatic imine (C=N–C) groups is 1. The first-order valence-electron chi connectivity index (χ1n) is 10.5. The fourth-order valence-electron chi connectivity index (χ4n) is 3.94. The molecule has 0 spiro atoms. The summed E-state index contributed by atoms with van der Waals surface area (Å²) in [6, 6.07) is 6.49. The van der Waals surface area contributed by atoms with Gasteiger partial charge in [0.2, 0.25) is 0 Å². The molecule has 36 heavy (non-hydrogen) atoms. The summed E-state index contributed by atoms with van der Waals surface area (Å²) in [5, 5.41) is 19.5. The number of nitrogens with one attached hydrogen (secondary N) is 2. The molecule has 0 unspecified atom stereocenters. The number of amides is 1. The van der Waals surface area contributed by atoms with E-state index in [0.29, 0.717) is 11.1 Å². The lowest BCUT2D eigenvalue weighted by molar-refractivity contribution is -0.274. The number of carbonyl (C=O) groups excluding carboxylic acids is 1. The minimum Gasteiger partial charge on any atom is -0.406 e. The molecule has 2 heterocycles. The van der Waals surface area contributed by atoms with Crippen LogP contribution in [-0.2, 0) is 0 Å². The summed E-state index contributed by atoms with van der Waals surface area (Å²) in [6.45, 7) is -0.438. The van der Waals surface area contributed by atoms with Crippen molar-refractivity contribution in [3.05, 3.63) is 59.4 Å². The van der Waals surface area contributed by atoms with E-state index in [2.05, 4.69) is 20.0 Å². The Kier molecular flexibility index (Phi) is 6.84. The highest BCUT2D eigenvalue weighted by Crippen LogP contribution is 2.37. The summed E-state index contributed by atoms with van der Waals surface area (Å²) in [7, 11) is 0.